The molecule has 0 spiro atoms. The van der Waals surface area contributed by atoms with Crippen molar-refractivity contribution in [3.05, 3.63) is 0 Å². The van der Waals surface area contributed by atoms with Gasteiger partial charge in [0.15, 0.2) is 0 Å². The summed E-state index contributed by atoms with van der Waals surface area (Å²) < 4.78 is 50.6. The van der Waals surface area contributed by atoms with Crippen LogP contribution >= 0.6 is 0 Å². The zero-order valence-corrected chi connectivity index (χ0v) is 18.9. The summed E-state index contributed by atoms with van der Waals surface area (Å²) in [6, 6.07) is 1.88. The highest BCUT2D eigenvalue weighted by molar-refractivity contribution is 6.64. The Bertz CT molecular complexity index is 404. The second kappa shape index (κ2) is 11.1. The number of nitrogens with zero attached hydrogens (tertiary/aromatic N) is 1. The molecule has 2 aliphatic heterocycles. The first-order valence-electron chi connectivity index (χ1n) is 10.3. The molecule has 2 saturated heterocycles. The smallest absolute Gasteiger partial charge is 0.386 e. The van der Waals surface area contributed by atoms with Crippen LogP contribution in [0.25, 0.3) is 0 Å². The maximum absolute atomic E-state index is 12.5. The highest BCUT2D eigenvalue weighted by Gasteiger charge is 2.50. The minimum absolute atomic E-state index is 0.0712. The molecule has 0 aromatic carbocycles. The highest BCUT2D eigenvalue weighted by atomic mass is 28.4. The summed E-state index contributed by atoms with van der Waals surface area (Å²) >= 11 is 0. The third kappa shape index (κ3) is 8.01. The summed E-state index contributed by atoms with van der Waals surface area (Å²) in [6.07, 6.45) is 2.20. The van der Waals surface area contributed by atoms with Gasteiger partial charge in [-0.05, 0) is 53.4 Å². The molecular weight excluding hydrogens is 373 g/mol. The van der Waals surface area contributed by atoms with Crippen molar-refractivity contribution in [1.29, 1.82) is 0 Å². The number of nitrogens with one attached hydrogen (secondary N) is 1. The van der Waals surface area contributed by atoms with Gasteiger partial charge in [-0.25, -0.2) is 0 Å². The van der Waals surface area contributed by atoms with Crippen LogP contribution < -0.4 is 5.32 Å². The molecule has 0 saturated carbocycles. The second-order valence-corrected chi connectivity index (χ2v) is 11.4. The van der Waals surface area contributed by atoms with Crippen LogP contribution in [0.3, 0.4) is 0 Å². The van der Waals surface area contributed by atoms with Crippen molar-refractivity contribution >= 4 is 8.72 Å². The van der Waals surface area contributed by atoms with Crippen molar-refractivity contribution in [1.82, 2.24) is 9.88 Å². The van der Waals surface area contributed by atoms with Crippen LogP contribution in [0.1, 0.15) is 72.6 Å². The van der Waals surface area contributed by atoms with Crippen molar-refractivity contribution < 1.29 is 22.0 Å². The van der Waals surface area contributed by atoms with Gasteiger partial charge in [0, 0.05) is 50.9 Å². The quantitative estimate of drug-likeness (QED) is 0.647. The third-order valence-electron chi connectivity index (χ3n) is 5.79. The van der Waals surface area contributed by atoms with Gasteiger partial charge >= 0.3 is 14.9 Å². The summed E-state index contributed by atoms with van der Waals surface area (Å²) in [5, 5.41) is 3.48. The molecule has 0 radical (unpaired) electrons. The molecule has 162 valence electrons. The molecule has 0 amide bonds. The van der Waals surface area contributed by atoms with E-state index in [9.17, 15) is 13.2 Å². The predicted octanol–water partition coefficient (Wildman–Crippen LogP) is 4.97. The Kier molecular flexibility index (Phi) is 10.3. The largest absolute Gasteiger partial charge is 0.428 e. The van der Waals surface area contributed by atoms with Gasteiger partial charge in [0.2, 0.25) is 0 Å². The van der Waals surface area contributed by atoms with E-state index in [0.29, 0.717) is 0 Å². The van der Waals surface area contributed by atoms with E-state index in [-0.39, 0.29) is 18.1 Å². The maximum Gasteiger partial charge on any atom is 0.428 e. The molecule has 2 aliphatic rings. The summed E-state index contributed by atoms with van der Waals surface area (Å²) in [5.74, 6) is 0. The van der Waals surface area contributed by atoms with Crippen molar-refractivity contribution in [2.45, 2.75) is 109 Å². The second-order valence-electron chi connectivity index (χ2n) is 8.17. The van der Waals surface area contributed by atoms with Gasteiger partial charge in [0.1, 0.15) is 0 Å². The molecular formula is C19H39F3N2O2Si. The maximum atomic E-state index is 12.5. The molecule has 0 unspecified atom stereocenters. The van der Waals surface area contributed by atoms with Crippen LogP contribution in [-0.4, -0.2) is 57.9 Å². The molecule has 2 rings (SSSR count). The molecule has 0 aliphatic carbocycles. The number of piperidine rings is 2. The van der Waals surface area contributed by atoms with Gasteiger partial charge in [-0.2, -0.15) is 13.2 Å². The first kappa shape index (κ1) is 24.9. The number of rotatable bonds is 5. The lowest BCUT2D eigenvalue weighted by atomic mass is 10.0. The molecule has 0 aromatic heterocycles. The summed E-state index contributed by atoms with van der Waals surface area (Å²) in [6.45, 7) is 8.61. The molecule has 27 heavy (non-hydrogen) atoms. The van der Waals surface area contributed by atoms with E-state index in [0.717, 1.165) is 31.3 Å². The van der Waals surface area contributed by atoms with Crippen LogP contribution in [0, 0.1) is 0 Å². The van der Waals surface area contributed by atoms with Crippen molar-refractivity contribution in [3.63, 3.8) is 0 Å². The van der Waals surface area contributed by atoms with E-state index in [4.69, 9.17) is 8.85 Å². The molecule has 1 N–H and O–H groups in total. The minimum Gasteiger partial charge on any atom is -0.386 e. The first-order chi connectivity index (χ1) is 12.5. The van der Waals surface area contributed by atoms with E-state index in [1.165, 1.54) is 33.5 Å². The van der Waals surface area contributed by atoms with Crippen LogP contribution in [-0.2, 0) is 8.85 Å². The van der Waals surface area contributed by atoms with Crippen LogP contribution in [0.5, 0.6) is 0 Å². The first-order valence-corrected chi connectivity index (χ1v) is 12.2. The normalized spacial score (nSPS) is 30.6. The Morgan fingerprint density at radius 2 is 1.33 bits per heavy atom. The van der Waals surface area contributed by atoms with Crippen molar-refractivity contribution in [2.24, 2.45) is 0 Å². The Balaban J connectivity index is 0.000000377. The zero-order chi connectivity index (χ0) is 20.7. The Morgan fingerprint density at radius 3 is 1.67 bits per heavy atom. The van der Waals surface area contributed by atoms with E-state index in [2.05, 4.69) is 23.7 Å². The molecule has 2 fully saturated rings. The van der Waals surface area contributed by atoms with E-state index >= 15 is 0 Å². The van der Waals surface area contributed by atoms with Gasteiger partial charge in [-0.15, -0.1) is 0 Å². The standard InChI is InChI=1S/C12H24F3NO2Si.C7H15N/c1-10-6-5-7-11(2)16(10)19(17-3,18-4)9-8-12(13,14)15;1-6-4-3-5-7(2)8-6/h10-11H,5-9H2,1-4H3;6-8H,3-5H2,1-2H3/t10-,11+;6-,7+. The molecule has 4 nitrogen and oxygen atoms in total. The van der Waals surface area contributed by atoms with Gasteiger partial charge in [0.05, 0.1) is 0 Å². The zero-order valence-electron chi connectivity index (χ0n) is 17.9. The van der Waals surface area contributed by atoms with E-state index in [1.54, 1.807) is 0 Å². The summed E-state index contributed by atoms with van der Waals surface area (Å²) in [5.41, 5.74) is 0. The van der Waals surface area contributed by atoms with Gasteiger partial charge in [-0.3, -0.25) is 4.57 Å². The topological polar surface area (TPSA) is 33.7 Å². The molecule has 0 bridgehead atoms. The fraction of sp³-hybridized carbons (Fsp3) is 1.00. The lowest BCUT2D eigenvalue weighted by Gasteiger charge is -2.48. The van der Waals surface area contributed by atoms with Crippen LogP contribution in [0.15, 0.2) is 0 Å². The summed E-state index contributed by atoms with van der Waals surface area (Å²) in [4.78, 5) is 0. The predicted molar refractivity (Wildman–Crippen MR) is 106 cm³/mol. The Labute approximate surface area is 164 Å². The lowest BCUT2D eigenvalue weighted by Crippen LogP contribution is -2.65. The monoisotopic (exact) mass is 412 g/mol. The number of hydrogen-bond acceptors (Lipinski definition) is 4. The van der Waals surface area contributed by atoms with Crippen LogP contribution in [0.2, 0.25) is 6.04 Å². The van der Waals surface area contributed by atoms with Gasteiger partial charge in [-0.1, -0.05) is 12.8 Å². The van der Waals surface area contributed by atoms with E-state index in [1.807, 2.05) is 13.8 Å². The van der Waals surface area contributed by atoms with Crippen molar-refractivity contribution in [3.8, 4) is 0 Å². The molecule has 2 heterocycles. The minimum atomic E-state index is -4.17. The number of halogens is 3. The number of hydrogen-bond donors (Lipinski definition) is 1. The Hall–Kier alpha value is -0.153. The van der Waals surface area contributed by atoms with E-state index < -0.39 is 21.3 Å². The molecule has 0 aromatic rings. The summed E-state index contributed by atoms with van der Waals surface area (Å²) in [7, 11) is -0.0205. The SMILES string of the molecule is CO[Si](CCC(F)(F)F)(OC)N1[C@H](C)CCC[C@@H]1C.C[C@@H]1CCC[C@H](C)N1. The molecule has 4 atom stereocenters. The van der Waals surface area contributed by atoms with Gasteiger partial charge in [0.25, 0.3) is 0 Å². The average molecular weight is 413 g/mol. The highest BCUT2D eigenvalue weighted by Crippen LogP contribution is 2.34. The fourth-order valence-electron chi connectivity index (χ4n) is 4.40. The van der Waals surface area contributed by atoms with Crippen molar-refractivity contribution in [2.75, 3.05) is 14.2 Å². The fourth-order valence-corrected chi connectivity index (χ4v) is 7.86. The third-order valence-corrected chi connectivity index (χ3v) is 9.62. The Morgan fingerprint density at radius 1 is 0.889 bits per heavy atom. The van der Waals surface area contributed by atoms with Crippen LogP contribution in [0.4, 0.5) is 13.2 Å². The average Bonchev–Trinajstić information content (AvgIpc) is 2.57. The lowest BCUT2D eigenvalue weighted by molar-refractivity contribution is -0.132. The van der Waals surface area contributed by atoms with Gasteiger partial charge < -0.3 is 14.2 Å². The number of alkyl halides is 3. The molecule has 8 heteroatoms.